The van der Waals surface area contributed by atoms with Crippen molar-refractivity contribution in [2.75, 3.05) is 27.4 Å². The summed E-state index contributed by atoms with van der Waals surface area (Å²) in [5.41, 5.74) is 1.33. The zero-order valence-electron chi connectivity index (χ0n) is 18.3. The van der Waals surface area contributed by atoms with Crippen molar-refractivity contribution in [2.24, 2.45) is 0 Å². The molecule has 0 aliphatic heterocycles. The van der Waals surface area contributed by atoms with Gasteiger partial charge in [-0.1, -0.05) is 24.3 Å². The number of allylic oxidation sites excluding steroid dienone is 2. The zero-order chi connectivity index (χ0) is 24.8. The van der Waals surface area contributed by atoms with E-state index in [1.807, 2.05) is 0 Å². The molecule has 0 spiro atoms. The molecule has 0 saturated carbocycles. The van der Waals surface area contributed by atoms with E-state index in [0.717, 1.165) is 0 Å². The molecule has 0 atom stereocenters. The molecule has 0 saturated heterocycles. The predicted octanol–water partition coefficient (Wildman–Crippen LogP) is 1.70. The van der Waals surface area contributed by atoms with E-state index in [1.54, 1.807) is 36.4 Å². The predicted molar refractivity (Wildman–Crippen MR) is 122 cm³/mol. The van der Waals surface area contributed by atoms with Crippen molar-refractivity contribution in [1.82, 2.24) is 0 Å². The van der Waals surface area contributed by atoms with Gasteiger partial charge in [0.05, 0.1) is 33.9 Å². The molecule has 0 aromatic heterocycles. The first kappa shape index (κ1) is 27.4. The second kappa shape index (κ2) is 14.4. The molecule has 2 aromatic carbocycles. The lowest BCUT2D eigenvalue weighted by molar-refractivity contribution is -0.121. The molecular formula is C24H28O9. The van der Waals surface area contributed by atoms with Crippen LogP contribution in [-0.2, 0) is 9.59 Å². The maximum atomic E-state index is 11.9. The largest absolute Gasteiger partial charge is 0.504 e. The van der Waals surface area contributed by atoms with Gasteiger partial charge in [0.1, 0.15) is 6.10 Å². The van der Waals surface area contributed by atoms with E-state index in [9.17, 15) is 19.8 Å². The Morgan fingerprint density at radius 1 is 0.818 bits per heavy atom. The van der Waals surface area contributed by atoms with Gasteiger partial charge < -0.3 is 35.0 Å². The summed E-state index contributed by atoms with van der Waals surface area (Å²) in [5, 5.41) is 43.1. The van der Waals surface area contributed by atoms with E-state index < -0.39 is 6.10 Å². The first-order chi connectivity index (χ1) is 15.7. The molecule has 0 radical (unpaired) electrons. The number of ketones is 2. The van der Waals surface area contributed by atoms with Gasteiger partial charge in [-0.3, -0.25) is 9.59 Å². The Bertz CT molecular complexity index is 902. The van der Waals surface area contributed by atoms with Crippen molar-refractivity contribution in [2.45, 2.75) is 12.5 Å². The van der Waals surface area contributed by atoms with Gasteiger partial charge in [-0.15, -0.1) is 0 Å². The third-order valence-electron chi connectivity index (χ3n) is 4.10. The van der Waals surface area contributed by atoms with E-state index in [2.05, 4.69) is 0 Å². The van der Waals surface area contributed by atoms with Crippen LogP contribution in [0.2, 0.25) is 0 Å². The Kier molecular flexibility index (Phi) is 12.0. The van der Waals surface area contributed by atoms with Crippen LogP contribution in [0.4, 0.5) is 0 Å². The molecule has 5 N–H and O–H groups in total. The summed E-state index contributed by atoms with van der Waals surface area (Å²) in [4.78, 5) is 23.9. The molecule has 9 nitrogen and oxygen atoms in total. The van der Waals surface area contributed by atoms with Gasteiger partial charge in [0.15, 0.2) is 34.6 Å². The fraction of sp³-hybridized carbons (Fsp3) is 0.250. The van der Waals surface area contributed by atoms with E-state index in [-0.39, 0.29) is 42.7 Å². The first-order valence-corrected chi connectivity index (χ1v) is 9.79. The minimum Gasteiger partial charge on any atom is -0.504 e. The number of carbonyl (C=O) groups is 2. The summed E-state index contributed by atoms with van der Waals surface area (Å²) in [5.74, 6) is -0.0832. The second-order valence-electron chi connectivity index (χ2n) is 6.66. The fourth-order valence-corrected chi connectivity index (χ4v) is 2.32. The molecular weight excluding hydrogens is 432 g/mol. The lowest BCUT2D eigenvalue weighted by Gasteiger charge is -2.03. The maximum Gasteiger partial charge on any atom is 0.163 e. The summed E-state index contributed by atoms with van der Waals surface area (Å²) in [6.45, 7) is -0.729. The topological polar surface area (TPSA) is 154 Å². The van der Waals surface area contributed by atoms with Crippen LogP contribution in [0, 0.1) is 0 Å². The minimum atomic E-state index is -0.954. The number of carbonyl (C=O) groups excluding carboxylic acids is 2. The molecule has 0 aliphatic rings. The van der Waals surface area contributed by atoms with Crippen LogP contribution in [0.1, 0.15) is 17.5 Å². The van der Waals surface area contributed by atoms with E-state index in [0.29, 0.717) is 22.6 Å². The van der Waals surface area contributed by atoms with E-state index in [1.165, 1.54) is 38.5 Å². The van der Waals surface area contributed by atoms with Gasteiger partial charge in [-0.05, 0) is 47.5 Å². The smallest absolute Gasteiger partial charge is 0.163 e. The molecule has 0 bridgehead atoms. The Hall–Kier alpha value is -3.66. The Balaban J connectivity index is 0.000000801. The van der Waals surface area contributed by atoms with E-state index in [4.69, 9.17) is 24.8 Å². The number of phenolic OH excluding ortho intramolecular Hbond substituents is 2. The number of ether oxygens (including phenoxy) is 2. The number of rotatable bonds is 10. The highest BCUT2D eigenvalue weighted by Gasteiger charge is 2.06. The zero-order valence-corrected chi connectivity index (χ0v) is 18.3. The van der Waals surface area contributed by atoms with Crippen LogP contribution in [-0.4, -0.2) is 70.6 Å². The summed E-state index contributed by atoms with van der Waals surface area (Å²) in [6.07, 6.45) is 4.49. The monoisotopic (exact) mass is 460 g/mol. The van der Waals surface area contributed by atoms with Gasteiger partial charge in [0.25, 0.3) is 0 Å². The average Bonchev–Trinajstić information content (AvgIpc) is 2.82. The van der Waals surface area contributed by atoms with Crippen LogP contribution >= 0.6 is 0 Å². The van der Waals surface area contributed by atoms with E-state index >= 15 is 0 Å². The Labute approximate surface area is 191 Å². The summed E-state index contributed by atoms with van der Waals surface area (Å²) >= 11 is 0. The van der Waals surface area contributed by atoms with Crippen LogP contribution < -0.4 is 9.47 Å². The third kappa shape index (κ3) is 10.0. The molecule has 2 rings (SSSR count). The number of aliphatic hydroxyl groups is 3. The summed E-state index contributed by atoms with van der Waals surface area (Å²) in [7, 11) is 2.87. The molecule has 2 aromatic rings. The van der Waals surface area contributed by atoms with Crippen molar-refractivity contribution in [3.8, 4) is 23.0 Å². The van der Waals surface area contributed by atoms with Crippen molar-refractivity contribution in [1.29, 1.82) is 0 Å². The van der Waals surface area contributed by atoms with Gasteiger partial charge >= 0.3 is 0 Å². The molecule has 0 heterocycles. The van der Waals surface area contributed by atoms with Crippen molar-refractivity contribution < 1.29 is 44.6 Å². The lowest BCUT2D eigenvalue weighted by Crippen LogP contribution is -2.15. The van der Waals surface area contributed by atoms with Crippen LogP contribution in [0.3, 0.4) is 0 Å². The summed E-state index contributed by atoms with van der Waals surface area (Å²) < 4.78 is 10.00. The minimum absolute atomic E-state index is 0.00662. The average molecular weight is 460 g/mol. The molecule has 178 valence electrons. The first-order valence-electron chi connectivity index (χ1n) is 9.79. The Morgan fingerprint density at radius 2 is 1.21 bits per heavy atom. The van der Waals surface area contributed by atoms with Gasteiger partial charge in [0, 0.05) is 0 Å². The highest BCUT2D eigenvalue weighted by atomic mass is 16.5. The fourth-order valence-electron chi connectivity index (χ4n) is 2.32. The van der Waals surface area contributed by atoms with Crippen molar-refractivity contribution >= 4 is 23.7 Å². The molecule has 0 unspecified atom stereocenters. The third-order valence-corrected chi connectivity index (χ3v) is 4.10. The van der Waals surface area contributed by atoms with Crippen LogP contribution in [0.15, 0.2) is 48.6 Å². The lowest BCUT2D eigenvalue weighted by atomic mass is 10.1. The SMILES string of the molecule is COc1cc(/C=C/C(=O)CC(=O)/C=C/c2ccc(O)c(OC)c2)ccc1O.OCC(O)CO. The number of hydrogen-bond acceptors (Lipinski definition) is 9. The standard InChI is InChI=1S/C21H20O6.C3H8O3/c1-26-20-11-14(5-9-18(20)24)3-7-16(22)13-17(23)8-4-15-6-10-19(25)21(12-15)27-2;4-1-3(6)2-5/h3-12,24-25H,13H2,1-2H3;3-6H,1-2H2/b7-3+,8-4+;. The number of phenols is 2. The number of hydrogen-bond donors (Lipinski definition) is 5. The molecule has 0 aliphatic carbocycles. The van der Waals surface area contributed by atoms with Gasteiger partial charge in [0.2, 0.25) is 0 Å². The molecule has 9 heteroatoms. The van der Waals surface area contributed by atoms with Gasteiger partial charge in [-0.25, -0.2) is 0 Å². The normalized spacial score (nSPS) is 10.8. The van der Waals surface area contributed by atoms with Crippen molar-refractivity contribution in [3.05, 3.63) is 59.7 Å². The van der Waals surface area contributed by atoms with Gasteiger partial charge in [-0.2, -0.15) is 0 Å². The number of aromatic hydroxyl groups is 2. The molecule has 0 fully saturated rings. The summed E-state index contributed by atoms with van der Waals surface area (Å²) in [6, 6.07) is 9.34. The van der Waals surface area contributed by atoms with Crippen molar-refractivity contribution in [3.63, 3.8) is 0 Å². The number of benzene rings is 2. The molecule has 0 amide bonds. The number of aliphatic hydroxyl groups excluding tert-OH is 3. The van der Waals surface area contributed by atoms with Crippen LogP contribution in [0.25, 0.3) is 12.2 Å². The molecule has 33 heavy (non-hydrogen) atoms. The van der Waals surface area contributed by atoms with Crippen LogP contribution in [0.5, 0.6) is 23.0 Å². The second-order valence-corrected chi connectivity index (χ2v) is 6.66. The number of methoxy groups -OCH3 is 2. The Morgan fingerprint density at radius 3 is 1.52 bits per heavy atom. The highest BCUT2D eigenvalue weighted by Crippen LogP contribution is 2.27. The highest BCUT2D eigenvalue weighted by molar-refractivity contribution is 6.10. The maximum absolute atomic E-state index is 11.9. The quantitative estimate of drug-likeness (QED) is 0.263.